The van der Waals surface area contributed by atoms with E-state index in [-0.39, 0.29) is 17.4 Å². The van der Waals surface area contributed by atoms with Crippen molar-refractivity contribution in [3.8, 4) is 0 Å². The van der Waals surface area contributed by atoms with Crippen molar-refractivity contribution in [3.63, 3.8) is 0 Å². The summed E-state index contributed by atoms with van der Waals surface area (Å²) >= 11 is 1.67. The summed E-state index contributed by atoms with van der Waals surface area (Å²) in [6, 6.07) is 1.79. The lowest BCUT2D eigenvalue weighted by molar-refractivity contribution is -0.0286. The molecule has 1 fully saturated rings. The van der Waals surface area contributed by atoms with E-state index in [0.717, 1.165) is 18.9 Å². The highest BCUT2D eigenvalue weighted by atomic mass is 32.2. The molecule has 2 heterocycles. The van der Waals surface area contributed by atoms with Gasteiger partial charge >= 0.3 is 5.69 Å². The first-order valence-corrected chi connectivity index (χ1v) is 8.33. The maximum Gasteiger partial charge on any atom is 0.351 e. The highest BCUT2D eigenvalue weighted by Gasteiger charge is 2.28. The van der Waals surface area contributed by atoms with Crippen LogP contribution in [0.5, 0.6) is 0 Å². The smallest absolute Gasteiger partial charge is 0.351 e. The van der Waals surface area contributed by atoms with Crippen molar-refractivity contribution in [2.75, 3.05) is 30.8 Å². The van der Waals surface area contributed by atoms with Crippen LogP contribution in [0.4, 0.5) is 5.82 Å². The fraction of sp³-hybridized carbons (Fsp3) is 0.714. The molecule has 0 bridgehead atoms. The van der Waals surface area contributed by atoms with Gasteiger partial charge in [-0.05, 0) is 18.9 Å². The van der Waals surface area contributed by atoms with Crippen LogP contribution in [0.3, 0.4) is 0 Å². The van der Waals surface area contributed by atoms with E-state index in [0.29, 0.717) is 18.3 Å². The second-order valence-electron chi connectivity index (χ2n) is 5.32. The number of nitrogens with one attached hydrogen (secondary N) is 1. The van der Waals surface area contributed by atoms with E-state index in [9.17, 15) is 4.79 Å². The minimum atomic E-state index is -0.289. The van der Waals surface area contributed by atoms with Crippen molar-refractivity contribution < 1.29 is 9.47 Å². The third-order valence-corrected chi connectivity index (χ3v) is 4.03. The van der Waals surface area contributed by atoms with Crippen molar-refractivity contribution in [3.05, 3.63) is 22.7 Å². The minimum Gasteiger partial charge on any atom is -0.378 e. The van der Waals surface area contributed by atoms with Gasteiger partial charge in [0.2, 0.25) is 0 Å². The summed E-state index contributed by atoms with van der Waals surface area (Å²) in [5.41, 5.74) is -0.308. The Hall–Kier alpha value is -1.05. The minimum absolute atomic E-state index is 0.0194. The van der Waals surface area contributed by atoms with Crippen molar-refractivity contribution >= 4 is 17.6 Å². The van der Waals surface area contributed by atoms with Gasteiger partial charge in [0.25, 0.3) is 0 Å². The molecule has 118 valence electrons. The standard InChI is InChI=1S/C14H23N3O3S/c1-4-15-11-5-6-17(14(18)16-11)12-9-21-13(20-12)8-19-7-10(2)3/h5-6,10,12-13H,4,7-9H2,1-3H3,(H,15,16,18)/t12-,13+/m1/s1. The molecular weight excluding hydrogens is 290 g/mol. The molecule has 7 heteroatoms. The molecule has 21 heavy (non-hydrogen) atoms. The Balaban J connectivity index is 1.90. The van der Waals surface area contributed by atoms with Gasteiger partial charge in [-0.3, -0.25) is 4.57 Å². The van der Waals surface area contributed by atoms with Crippen LogP contribution in [-0.4, -0.2) is 40.5 Å². The number of hydrogen-bond acceptors (Lipinski definition) is 6. The second kappa shape index (κ2) is 7.82. The van der Waals surface area contributed by atoms with Crippen LogP contribution in [0, 0.1) is 5.92 Å². The zero-order chi connectivity index (χ0) is 15.2. The molecule has 2 atom stereocenters. The van der Waals surface area contributed by atoms with E-state index < -0.39 is 0 Å². The third-order valence-electron chi connectivity index (χ3n) is 2.94. The van der Waals surface area contributed by atoms with Crippen LogP contribution in [0.15, 0.2) is 17.1 Å². The first-order valence-electron chi connectivity index (χ1n) is 7.28. The summed E-state index contributed by atoms with van der Waals surface area (Å²) in [5.74, 6) is 1.84. The molecule has 1 aromatic rings. The monoisotopic (exact) mass is 313 g/mol. The van der Waals surface area contributed by atoms with E-state index in [4.69, 9.17) is 9.47 Å². The summed E-state index contributed by atoms with van der Waals surface area (Å²) in [6.07, 6.45) is 1.47. The summed E-state index contributed by atoms with van der Waals surface area (Å²) in [5, 5.41) is 3.02. The average molecular weight is 313 g/mol. The van der Waals surface area contributed by atoms with Crippen molar-refractivity contribution in [2.24, 2.45) is 5.92 Å². The fourth-order valence-electron chi connectivity index (χ4n) is 1.99. The van der Waals surface area contributed by atoms with Crippen LogP contribution in [-0.2, 0) is 9.47 Å². The fourth-order valence-corrected chi connectivity index (χ4v) is 3.01. The van der Waals surface area contributed by atoms with Crippen molar-refractivity contribution in [2.45, 2.75) is 32.4 Å². The maximum atomic E-state index is 12.0. The van der Waals surface area contributed by atoms with Crippen molar-refractivity contribution in [1.82, 2.24) is 9.55 Å². The molecule has 0 radical (unpaired) electrons. The lowest BCUT2D eigenvalue weighted by atomic mass is 10.2. The van der Waals surface area contributed by atoms with Crippen molar-refractivity contribution in [1.29, 1.82) is 0 Å². The number of thioether (sulfide) groups is 1. The number of nitrogens with zero attached hydrogens (tertiary/aromatic N) is 2. The first kappa shape index (κ1) is 16.3. The Bertz CT molecular complexity index is 506. The largest absolute Gasteiger partial charge is 0.378 e. The maximum absolute atomic E-state index is 12.0. The lowest BCUT2D eigenvalue weighted by Gasteiger charge is -2.15. The summed E-state index contributed by atoms with van der Waals surface area (Å²) in [7, 11) is 0. The quantitative estimate of drug-likeness (QED) is 0.830. The van der Waals surface area contributed by atoms with Gasteiger partial charge < -0.3 is 14.8 Å². The van der Waals surface area contributed by atoms with Gasteiger partial charge in [0.1, 0.15) is 17.5 Å². The Labute approximate surface area is 129 Å². The topological polar surface area (TPSA) is 65.4 Å². The van der Waals surface area contributed by atoms with Gasteiger partial charge in [-0.25, -0.2) is 4.79 Å². The van der Waals surface area contributed by atoms with Gasteiger partial charge in [-0.1, -0.05) is 13.8 Å². The van der Waals surface area contributed by atoms with Gasteiger partial charge in [0.15, 0.2) is 0 Å². The molecule has 0 saturated carbocycles. The molecule has 1 N–H and O–H groups in total. The number of rotatable bonds is 7. The molecule has 1 aliphatic rings. The molecule has 1 saturated heterocycles. The second-order valence-corrected chi connectivity index (χ2v) is 6.51. The van der Waals surface area contributed by atoms with Gasteiger partial charge in [0.05, 0.1) is 6.61 Å². The third kappa shape index (κ3) is 4.72. The Morgan fingerprint density at radius 2 is 2.43 bits per heavy atom. The van der Waals surface area contributed by atoms with Gasteiger partial charge in [0, 0.05) is 25.1 Å². The van der Waals surface area contributed by atoms with E-state index in [1.165, 1.54) is 4.57 Å². The predicted molar refractivity (Wildman–Crippen MR) is 84.7 cm³/mol. The molecule has 0 spiro atoms. The van der Waals surface area contributed by atoms with Crippen LogP contribution in [0.1, 0.15) is 27.0 Å². The highest BCUT2D eigenvalue weighted by molar-refractivity contribution is 8.00. The molecule has 1 aliphatic heterocycles. The first-order chi connectivity index (χ1) is 10.1. The zero-order valence-electron chi connectivity index (χ0n) is 12.7. The number of hydrogen-bond donors (Lipinski definition) is 1. The van der Waals surface area contributed by atoms with Gasteiger partial charge in [-0.15, -0.1) is 11.8 Å². The molecule has 1 aromatic heterocycles. The Morgan fingerprint density at radius 3 is 3.10 bits per heavy atom. The number of aromatic nitrogens is 2. The van der Waals surface area contributed by atoms with Gasteiger partial charge in [-0.2, -0.15) is 4.98 Å². The van der Waals surface area contributed by atoms with E-state index in [2.05, 4.69) is 24.1 Å². The number of ether oxygens (including phenoxy) is 2. The highest BCUT2D eigenvalue weighted by Crippen LogP contribution is 2.31. The summed E-state index contributed by atoms with van der Waals surface area (Å²) < 4.78 is 13.0. The Kier molecular flexibility index (Phi) is 6.08. The lowest BCUT2D eigenvalue weighted by Crippen LogP contribution is -2.29. The summed E-state index contributed by atoms with van der Waals surface area (Å²) in [6.45, 7) is 8.21. The molecule has 0 aliphatic carbocycles. The molecular formula is C14H23N3O3S. The Morgan fingerprint density at radius 1 is 1.62 bits per heavy atom. The summed E-state index contributed by atoms with van der Waals surface area (Å²) in [4.78, 5) is 16.0. The van der Waals surface area contributed by atoms with E-state index >= 15 is 0 Å². The molecule has 2 rings (SSSR count). The number of anilines is 1. The zero-order valence-corrected chi connectivity index (χ0v) is 13.6. The molecule has 0 aromatic carbocycles. The van der Waals surface area contributed by atoms with E-state index in [1.807, 2.05) is 6.92 Å². The average Bonchev–Trinajstić information content (AvgIpc) is 2.87. The van der Waals surface area contributed by atoms with Crippen LogP contribution >= 0.6 is 11.8 Å². The van der Waals surface area contributed by atoms with Crippen LogP contribution in [0.25, 0.3) is 0 Å². The van der Waals surface area contributed by atoms with Crippen LogP contribution < -0.4 is 11.0 Å². The van der Waals surface area contributed by atoms with Crippen LogP contribution in [0.2, 0.25) is 0 Å². The molecule has 0 unspecified atom stereocenters. The molecule has 0 amide bonds. The predicted octanol–water partition coefficient (Wildman–Crippen LogP) is 1.94. The SMILES string of the molecule is CCNc1ccn([C@H]2CS[C@@H](COCC(C)C)O2)c(=O)n1. The van der Waals surface area contributed by atoms with E-state index in [1.54, 1.807) is 24.0 Å². The normalized spacial score (nSPS) is 21.9. The molecule has 6 nitrogen and oxygen atoms in total.